The van der Waals surface area contributed by atoms with Crippen molar-refractivity contribution >= 4 is 21.9 Å². The smallest absolute Gasteiger partial charge is 0.308 e. The van der Waals surface area contributed by atoms with Gasteiger partial charge < -0.3 is 4.74 Å². The van der Waals surface area contributed by atoms with Crippen LogP contribution >= 0.6 is 15.9 Å². The summed E-state index contributed by atoms with van der Waals surface area (Å²) in [6.45, 7) is 3.97. The molecule has 3 heteroatoms. The van der Waals surface area contributed by atoms with Gasteiger partial charge >= 0.3 is 5.97 Å². The molecule has 0 aliphatic heterocycles. The number of carbonyl (C=O) groups is 1. The van der Waals surface area contributed by atoms with Gasteiger partial charge in [-0.3, -0.25) is 4.79 Å². The van der Waals surface area contributed by atoms with Crippen LogP contribution in [-0.2, 0) is 9.53 Å². The first kappa shape index (κ1) is 13.5. The first-order valence-corrected chi connectivity index (χ1v) is 6.50. The van der Waals surface area contributed by atoms with Gasteiger partial charge in [-0.15, -0.1) is 0 Å². The van der Waals surface area contributed by atoms with Gasteiger partial charge in [-0.1, -0.05) is 41.9 Å². The highest BCUT2D eigenvalue weighted by molar-refractivity contribution is 9.12. The number of carbonyl (C=O) groups excluding carboxylic acids is 1. The monoisotopic (exact) mass is 286 g/mol. The molecule has 0 unspecified atom stereocenters. The Morgan fingerprint density at radius 2 is 2.25 bits per heavy atom. The first-order chi connectivity index (χ1) is 7.56. The molecule has 0 spiro atoms. The van der Waals surface area contributed by atoms with E-state index in [-0.39, 0.29) is 17.8 Å². The molecule has 0 aromatic carbocycles. The van der Waals surface area contributed by atoms with Crippen LogP contribution in [-0.4, -0.2) is 13.1 Å². The van der Waals surface area contributed by atoms with Crippen LogP contribution in [0.3, 0.4) is 0 Å². The van der Waals surface area contributed by atoms with Crippen LogP contribution in [0.2, 0.25) is 0 Å². The number of halogens is 1. The van der Waals surface area contributed by atoms with Gasteiger partial charge in [0, 0.05) is 4.48 Å². The lowest BCUT2D eigenvalue weighted by molar-refractivity contribution is -0.145. The van der Waals surface area contributed by atoms with Crippen LogP contribution in [0.15, 0.2) is 22.2 Å². The zero-order valence-corrected chi connectivity index (χ0v) is 11.7. The van der Waals surface area contributed by atoms with Gasteiger partial charge in [0.25, 0.3) is 0 Å². The second-order valence-corrected chi connectivity index (χ2v) is 5.16. The van der Waals surface area contributed by atoms with Crippen molar-refractivity contribution in [3.63, 3.8) is 0 Å². The molecule has 90 valence electrons. The van der Waals surface area contributed by atoms with E-state index in [0.29, 0.717) is 0 Å². The van der Waals surface area contributed by atoms with E-state index in [0.717, 1.165) is 12.8 Å². The lowest BCUT2D eigenvalue weighted by Gasteiger charge is -2.18. The van der Waals surface area contributed by atoms with Crippen LogP contribution in [0, 0.1) is 11.8 Å². The average molecular weight is 287 g/mol. The maximum absolute atomic E-state index is 11.4. The molecule has 0 fully saturated rings. The Hall–Kier alpha value is -0.570. The average Bonchev–Trinajstić information content (AvgIpc) is 2.30. The van der Waals surface area contributed by atoms with Gasteiger partial charge in [0.2, 0.25) is 0 Å². The van der Waals surface area contributed by atoms with E-state index in [1.807, 2.05) is 6.92 Å². The zero-order valence-electron chi connectivity index (χ0n) is 10.1. The maximum atomic E-state index is 11.4. The Morgan fingerprint density at radius 3 is 2.81 bits per heavy atom. The Bertz CT molecular complexity index is 318. The molecule has 0 saturated heterocycles. The van der Waals surface area contributed by atoms with Crippen LogP contribution in [0.25, 0.3) is 0 Å². The van der Waals surface area contributed by atoms with Crippen molar-refractivity contribution in [2.45, 2.75) is 33.1 Å². The summed E-state index contributed by atoms with van der Waals surface area (Å²) >= 11 is 3.56. The molecule has 0 aromatic rings. The fraction of sp³-hybridized carbons (Fsp3) is 0.615. The molecule has 0 aromatic heterocycles. The van der Waals surface area contributed by atoms with Crippen LogP contribution in [0.4, 0.5) is 0 Å². The molecule has 1 aliphatic carbocycles. The highest BCUT2D eigenvalue weighted by Crippen LogP contribution is 2.30. The molecule has 0 bridgehead atoms. The summed E-state index contributed by atoms with van der Waals surface area (Å²) in [5, 5.41) is 0. The predicted molar refractivity (Wildman–Crippen MR) is 69.3 cm³/mol. The molecule has 0 N–H and O–H groups in total. The Labute approximate surface area is 106 Å². The summed E-state index contributed by atoms with van der Waals surface area (Å²) in [5.41, 5.74) is 1.31. The summed E-state index contributed by atoms with van der Waals surface area (Å²) in [4.78, 5) is 11.4. The third kappa shape index (κ3) is 3.48. The standard InChI is InChI=1S/C13H19BrO2/c1-9(10(2)13(15)16-3)8-11-6-4-5-7-12(11)14/h7-10H,4-6H2,1-3H3/b11-8-/t9-,10+/m1/s1. The number of ether oxygens (including phenoxy) is 1. The molecular formula is C13H19BrO2. The minimum Gasteiger partial charge on any atom is -0.469 e. The lowest BCUT2D eigenvalue weighted by atomic mass is 9.91. The van der Waals surface area contributed by atoms with Crippen molar-refractivity contribution in [2.24, 2.45) is 11.8 Å². The van der Waals surface area contributed by atoms with E-state index in [1.165, 1.54) is 23.6 Å². The quantitative estimate of drug-likeness (QED) is 0.738. The summed E-state index contributed by atoms with van der Waals surface area (Å²) < 4.78 is 5.94. The van der Waals surface area contributed by atoms with Crippen LogP contribution in [0.1, 0.15) is 33.1 Å². The predicted octanol–water partition coefficient (Wildman–Crippen LogP) is 3.82. The molecular weight excluding hydrogens is 268 g/mol. The molecule has 16 heavy (non-hydrogen) atoms. The fourth-order valence-corrected chi connectivity index (χ4v) is 2.36. The molecule has 1 rings (SSSR count). The number of rotatable bonds is 3. The van der Waals surface area contributed by atoms with Crippen molar-refractivity contribution in [3.8, 4) is 0 Å². The minimum atomic E-state index is -0.139. The number of hydrogen-bond donors (Lipinski definition) is 0. The van der Waals surface area contributed by atoms with Crippen molar-refractivity contribution in [1.82, 2.24) is 0 Å². The first-order valence-electron chi connectivity index (χ1n) is 5.70. The molecule has 1 aliphatic rings. The van der Waals surface area contributed by atoms with E-state index < -0.39 is 0 Å². The van der Waals surface area contributed by atoms with Crippen LogP contribution < -0.4 is 0 Å². The normalized spacial score (nSPS) is 22.5. The van der Waals surface area contributed by atoms with Gasteiger partial charge in [0.15, 0.2) is 0 Å². The van der Waals surface area contributed by atoms with Gasteiger partial charge in [-0.25, -0.2) is 0 Å². The van der Waals surface area contributed by atoms with Gasteiger partial charge in [-0.05, 0) is 30.8 Å². The fourth-order valence-electron chi connectivity index (χ4n) is 1.80. The molecule has 0 amide bonds. The zero-order chi connectivity index (χ0) is 12.1. The second kappa shape index (κ2) is 6.24. The summed E-state index contributed by atoms with van der Waals surface area (Å²) in [7, 11) is 1.44. The third-order valence-corrected chi connectivity index (χ3v) is 3.94. The Kier molecular flexibility index (Phi) is 5.26. The Balaban J connectivity index is 2.71. The lowest BCUT2D eigenvalue weighted by Crippen LogP contribution is -2.19. The maximum Gasteiger partial charge on any atom is 0.308 e. The van der Waals surface area contributed by atoms with Crippen LogP contribution in [0.5, 0.6) is 0 Å². The molecule has 0 saturated carbocycles. The van der Waals surface area contributed by atoms with Crippen molar-refractivity contribution in [1.29, 1.82) is 0 Å². The summed E-state index contributed by atoms with van der Waals surface area (Å²) in [6, 6.07) is 0. The van der Waals surface area contributed by atoms with Gasteiger partial charge in [0.1, 0.15) is 0 Å². The van der Waals surface area contributed by atoms with Gasteiger partial charge in [-0.2, -0.15) is 0 Å². The van der Waals surface area contributed by atoms with Gasteiger partial charge in [0.05, 0.1) is 13.0 Å². The summed E-state index contributed by atoms with van der Waals surface area (Å²) in [6.07, 6.45) is 7.81. The highest BCUT2D eigenvalue weighted by atomic mass is 79.9. The number of allylic oxidation sites excluding steroid dienone is 4. The van der Waals surface area contributed by atoms with Crippen molar-refractivity contribution in [3.05, 3.63) is 22.2 Å². The largest absolute Gasteiger partial charge is 0.469 e. The topological polar surface area (TPSA) is 26.3 Å². The third-order valence-electron chi connectivity index (χ3n) is 3.11. The molecule has 2 nitrogen and oxygen atoms in total. The Morgan fingerprint density at radius 1 is 1.56 bits per heavy atom. The number of hydrogen-bond acceptors (Lipinski definition) is 2. The highest BCUT2D eigenvalue weighted by Gasteiger charge is 2.20. The van der Waals surface area contributed by atoms with E-state index in [2.05, 4.69) is 35.0 Å². The SMILES string of the molecule is COC(=O)[C@@H](C)[C@H](C)/C=C1/CCCC=C1Br. The number of esters is 1. The van der Waals surface area contributed by atoms with E-state index in [9.17, 15) is 4.79 Å². The van der Waals surface area contributed by atoms with E-state index in [4.69, 9.17) is 4.74 Å². The van der Waals surface area contributed by atoms with E-state index in [1.54, 1.807) is 0 Å². The number of methoxy groups -OCH3 is 1. The molecule has 2 atom stereocenters. The van der Waals surface area contributed by atoms with Crippen molar-refractivity contribution < 1.29 is 9.53 Å². The minimum absolute atomic E-state index is 0.0836. The molecule has 0 radical (unpaired) electrons. The van der Waals surface area contributed by atoms with Crippen molar-refractivity contribution in [2.75, 3.05) is 7.11 Å². The molecule has 0 heterocycles. The summed E-state index contributed by atoms with van der Waals surface area (Å²) in [5.74, 6) is -0.0125. The second-order valence-electron chi connectivity index (χ2n) is 4.31. The van der Waals surface area contributed by atoms with E-state index >= 15 is 0 Å².